The van der Waals surface area contributed by atoms with E-state index in [-0.39, 0.29) is 5.04 Å². The minimum absolute atomic E-state index is 0.0240. The first-order valence-corrected chi connectivity index (χ1v) is 17.4. The van der Waals surface area contributed by atoms with Gasteiger partial charge in [0.25, 0.3) is 0 Å². The number of nitrogens with zero attached hydrogens (tertiary/aromatic N) is 1. The van der Waals surface area contributed by atoms with Gasteiger partial charge in [-0.3, -0.25) is 0 Å². The second-order valence-electron chi connectivity index (χ2n) is 12.1. The van der Waals surface area contributed by atoms with Gasteiger partial charge in [-0.1, -0.05) is 150 Å². The minimum atomic E-state index is -2.68. The molecule has 0 spiro atoms. The maximum absolute atomic E-state index is 6.44. The molecule has 5 aromatic rings. The van der Waals surface area contributed by atoms with Crippen molar-refractivity contribution in [3.05, 3.63) is 131 Å². The van der Waals surface area contributed by atoms with Crippen LogP contribution in [0.2, 0.25) is 10.1 Å². The second-order valence-corrected chi connectivity index (χ2v) is 17.1. The van der Waals surface area contributed by atoms with Gasteiger partial charge in [-0.2, -0.15) is 0 Å². The van der Waals surface area contributed by atoms with Crippen molar-refractivity contribution in [3.63, 3.8) is 0 Å². The van der Waals surface area contributed by atoms with Crippen LogP contribution >= 0.6 is 11.6 Å². The van der Waals surface area contributed by atoms with E-state index in [9.17, 15) is 0 Å². The van der Waals surface area contributed by atoms with Crippen molar-refractivity contribution in [2.45, 2.75) is 65.3 Å². The Bertz CT molecular complexity index is 1520. The quantitative estimate of drug-likeness (QED) is 0.155. The van der Waals surface area contributed by atoms with E-state index in [1.54, 1.807) is 0 Å². The van der Waals surface area contributed by atoms with Crippen LogP contribution in [-0.2, 0) is 12.8 Å². The number of aromatic nitrogens is 1. The van der Waals surface area contributed by atoms with Crippen LogP contribution in [0.3, 0.4) is 0 Å². The molecule has 41 heavy (non-hydrogen) atoms. The summed E-state index contributed by atoms with van der Waals surface area (Å²) in [6, 6.07) is 42.3. The number of benzene rings is 4. The number of hydrogen-bond acceptors (Lipinski definition) is 0. The highest BCUT2D eigenvalue weighted by Crippen LogP contribution is 2.41. The molecule has 0 bridgehead atoms. The van der Waals surface area contributed by atoms with Crippen LogP contribution in [0.4, 0.5) is 0 Å². The molecule has 4 aromatic carbocycles. The van der Waals surface area contributed by atoms with Crippen molar-refractivity contribution in [1.29, 1.82) is 0 Å². The topological polar surface area (TPSA) is 4.93 Å². The molecular weight excluding hydrogens is 534 g/mol. The molecule has 1 heterocycles. The fourth-order valence-electron chi connectivity index (χ4n) is 6.88. The average Bonchev–Trinajstić information content (AvgIpc) is 3.29. The Morgan fingerprint density at radius 3 is 1.54 bits per heavy atom. The third-order valence-electron chi connectivity index (χ3n) is 8.41. The summed E-state index contributed by atoms with van der Waals surface area (Å²) in [7, 11) is -2.68. The molecule has 3 heteroatoms. The lowest BCUT2D eigenvalue weighted by Crippen LogP contribution is -2.74. The zero-order valence-corrected chi connectivity index (χ0v) is 26.9. The van der Waals surface area contributed by atoms with Crippen LogP contribution in [0.5, 0.6) is 0 Å². The molecule has 1 nitrogen and oxygen atoms in total. The molecule has 0 unspecified atom stereocenters. The van der Waals surface area contributed by atoms with Crippen LogP contribution in [0.25, 0.3) is 16.9 Å². The summed E-state index contributed by atoms with van der Waals surface area (Å²) < 4.78 is 2.66. The molecule has 0 radical (unpaired) electrons. The molecule has 0 aliphatic carbocycles. The molecule has 0 amide bonds. The van der Waals surface area contributed by atoms with E-state index in [0.717, 1.165) is 30.7 Å². The first-order chi connectivity index (χ1) is 19.8. The largest absolute Gasteiger partial charge is 0.316 e. The van der Waals surface area contributed by atoms with E-state index in [2.05, 4.69) is 142 Å². The van der Waals surface area contributed by atoms with Gasteiger partial charge in [0, 0.05) is 16.0 Å². The van der Waals surface area contributed by atoms with E-state index in [1.165, 1.54) is 43.8 Å². The predicted molar refractivity (Wildman–Crippen MR) is 181 cm³/mol. The Balaban J connectivity index is 2.08. The van der Waals surface area contributed by atoms with E-state index in [4.69, 9.17) is 11.6 Å². The van der Waals surface area contributed by atoms with Crippen LogP contribution < -0.4 is 15.7 Å². The van der Waals surface area contributed by atoms with Crippen molar-refractivity contribution in [3.8, 4) is 16.9 Å². The highest BCUT2D eigenvalue weighted by Gasteiger charge is 2.53. The van der Waals surface area contributed by atoms with Gasteiger partial charge < -0.3 is 4.57 Å². The maximum Gasteiger partial charge on any atom is 0.174 e. The standard InChI is InChI=1S/C38H42ClNSi/c1-6-17-34-35(18-7-2)37(40(31-19-11-8-12-20-31)36(34)29-25-27-30(39)28-26-29)41(38(3,4)5,32-21-13-9-14-22-32)33-23-15-10-16-24-33/h8-16,19-28H,6-7,17-18H2,1-5H3. The summed E-state index contributed by atoms with van der Waals surface area (Å²) in [6.45, 7) is 12.0. The summed E-state index contributed by atoms with van der Waals surface area (Å²) in [5.41, 5.74) is 6.80. The molecule has 0 saturated carbocycles. The first-order valence-electron chi connectivity index (χ1n) is 15.0. The van der Waals surface area contributed by atoms with Gasteiger partial charge in [-0.15, -0.1) is 0 Å². The monoisotopic (exact) mass is 575 g/mol. The molecule has 0 saturated heterocycles. The third kappa shape index (κ3) is 5.24. The summed E-state index contributed by atoms with van der Waals surface area (Å²) in [6.07, 6.45) is 4.28. The molecular formula is C38H42ClNSi. The molecule has 5 rings (SSSR count). The summed E-state index contributed by atoms with van der Waals surface area (Å²) in [4.78, 5) is 0. The first kappa shape index (κ1) is 29.2. The Labute approximate surface area is 252 Å². The van der Waals surface area contributed by atoms with Crippen molar-refractivity contribution in [2.24, 2.45) is 0 Å². The average molecular weight is 576 g/mol. The summed E-state index contributed by atoms with van der Waals surface area (Å²) in [5.74, 6) is 0. The molecule has 210 valence electrons. The lowest BCUT2D eigenvalue weighted by molar-refractivity contribution is 0.736. The normalized spacial score (nSPS) is 12.0. The van der Waals surface area contributed by atoms with E-state index < -0.39 is 8.07 Å². The highest BCUT2D eigenvalue weighted by molar-refractivity contribution is 7.13. The molecule has 1 aromatic heterocycles. The minimum Gasteiger partial charge on any atom is -0.316 e. The van der Waals surface area contributed by atoms with E-state index in [0.29, 0.717) is 0 Å². The SMILES string of the molecule is CCCc1c(CCC)c([Si](c2ccccc2)(c2ccccc2)C(C)(C)C)n(-c2ccccc2)c1-c1ccc(Cl)cc1. The van der Waals surface area contributed by atoms with Gasteiger partial charge >= 0.3 is 0 Å². The Morgan fingerprint density at radius 2 is 1.07 bits per heavy atom. The van der Waals surface area contributed by atoms with E-state index in [1.807, 2.05) is 12.1 Å². The maximum atomic E-state index is 6.44. The van der Waals surface area contributed by atoms with Gasteiger partial charge in [0.2, 0.25) is 0 Å². The predicted octanol–water partition coefficient (Wildman–Crippen LogP) is 8.97. The van der Waals surface area contributed by atoms with Crippen molar-refractivity contribution in [2.75, 3.05) is 0 Å². The highest BCUT2D eigenvalue weighted by atomic mass is 35.5. The lowest BCUT2D eigenvalue weighted by atomic mass is 9.98. The Kier molecular flexibility index (Phi) is 8.73. The molecule has 0 atom stereocenters. The Hall–Kier alpha value is -3.33. The number of rotatable bonds is 9. The molecule has 0 fully saturated rings. The van der Waals surface area contributed by atoms with Crippen LogP contribution in [0.15, 0.2) is 115 Å². The molecule has 0 aliphatic rings. The Morgan fingerprint density at radius 1 is 0.610 bits per heavy atom. The van der Waals surface area contributed by atoms with E-state index >= 15 is 0 Å². The summed E-state index contributed by atoms with van der Waals surface area (Å²) >= 11 is 6.44. The number of hydrogen-bond donors (Lipinski definition) is 0. The van der Waals surface area contributed by atoms with Crippen LogP contribution in [-0.4, -0.2) is 12.6 Å². The zero-order chi connectivity index (χ0) is 29.0. The summed E-state index contributed by atoms with van der Waals surface area (Å²) in [5, 5.41) is 5.17. The smallest absolute Gasteiger partial charge is 0.174 e. The van der Waals surface area contributed by atoms with Gasteiger partial charge in [-0.05, 0) is 69.2 Å². The van der Waals surface area contributed by atoms with Gasteiger partial charge in [0.1, 0.15) is 0 Å². The zero-order valence-electron chi connectivity index (χ0n) is 25.1. The molecule has 0 aliphatic heterocycles. The van der Waals surface area contributed by atoms with Crippen molar-refractivity contribution in [1.82, 2.24) is 4.57 Å². The molecule has 0 N–H and O–H groups in total. The van der Waals surface area contributed by atoms with Gasteiger partial charge in [-0.25, -0.2) is 0 Å². The van der Waals surface area contributed by atoms with Crippen LogP contribution in [0, 0.1) is 0 Å². The lowest BCUT2D eigenvalue weighted by Gasteiger charge is -2.45. The van der Waals surface area contributed by atoms with Gasteiger partial charge in [0.05, 0.1) is 5.69 Å². The second kappa shape index (κ2) is 12.3. The number of halogens is 1. The third-order valence-corrected chi connectivity index (χ3v) is 14.5. The fourth-order valence-corrected chi connectivity index (χ4v) is 13.0. The van der Waals surface area contributed by atoms with Crippen molar-refractivity contribution < 1.29 is 0 Å². The van der Waals surface area contributed by atoms with Gasteiger partial charge in [0.15, 0.2) is 8.07 Å². The van der Waals surface area contributed by atoms with Crippen molar-refractivity contribution >= 4 is 35.4 Å². The number of para-hydroxylation sites is 1. The van der Waals surface area contributed by atoms with Crippen LogP contribution in [0.1, 0.15) is 58.6 Å². The fraction of sp³-hybridized carbons (Fsp3) is 0.263.